The minimum Gasteiger partial charge on any atom is -0.387 e. The lowest BCUT2D eigenvalue weighted by molar-refractivity contribution is 0.0385. The lowest BCUT2D eigenvalue weighted by Crippen LogP contribution is -2.08. The molecule has 1 aliphatic rings. The molecule has 3 rings (SSSR count). The van der Waals surface area contributed by atoms with E-state index >= 15 is 0 Å². The molecule has 1 saturated carbocycles. The van der Waals surface area contributed by atoms with E-state index in [1.165, 1.54) is 12.8 Å². The molecule has 20 heavy (non-hydrogen) atoms. The Balaban J connectivity index is 1.89. The highest BCUT2D eigenvalue weighted by Gasteiger charge is 2.36. The normalized spacial score (nSPS) is 16.1. The molecular weight excluding hydrogens is 254 g/mol. The van der Waals surface area contributed by atoms with Gasteiger partial charge in [-0.3, -0.25) is 0 Å². The van der Waals surface area contributed by atoms with E-state index in [1.807, 2.05) is 38.2 Å². The van der Waals surface area contributed by atoms with Gasteiger partial charge in [-0.05, 0) is 37.8 Å². The molecule has 5 nitrogen and oxygen atoms in total. The molecule has 0 spiro atoms. The monoisotopic (exact) mass is 273 g/mol. The number of hydrogen-bond donors (Lipinski definition) is 1. The summed E-state index contributed by atoms with van der Waals surface area (Å²) in [7, 11) is 1.88. The molecule has 1 heterocycles. The third-order valence-corrected chi connectivity index (χ3v) is 3.52. The Morgan fingerprint density at radius 2 is 2.20 bits per heavy atom. The van der Waals surface area contributed by atoms with E-state index < -0.39 is 0 Å². The fraction of sp³-hybridized carbons (Fsp3) is 0.467. The van der Waals surface area contributed by atoms with Crippen molar-refractivity contribution in [1.29, 1.82) is 0 Å². The lowest BCUT2D eigenvalue weighted by Gasteiger charge is -2.11. The smallest absolute Gasteiger partial charge is 0.260 e. The number of ether oxygens (including phenoxy) is 1. The number of anilines is 1. The van der Waals surface area contributed by atoms with Gasteiger partial charge in [-0.25, -0.2) is 0 Å². The van der Waals surface area contributed by atoms with Crippen LogP contribution in [0.1, 0.15) is 31.7 Å². The molecule has 1 atom stereocenters. The molecule has 5 heteroatoms. The van der Waals surface area contributed by atoms with Crippen LogP contribution in [0.4, 0.5) is 5.69 Å². The van der Waals surface area contributed by atoms with Crippen molar-refractivity contribution in [2.45, 2.75) is 25.9 Å². The van der Waals surface area contributed by atoms with E-state index in [-0.39, 0.29) is 6.10 Å². The second kappa shape index (κ2) is 5.63. The van der Waals surface area contributed by atoms with Crippen molar-refractivity contribution in [2.24, 2.45) is 5.92 Å². The van der Waals surface area contributed by atoms with Crippen molar-refractivity contribution >= 4 is 5.69 Å². The summed E-state index contributed by atoms with van der Waals surface area (Å²) in [5.74, 6) is 1.74. The van der Waals surface area contributed by atoms with Crippen molar-refractivity contribution in [3.63, 3.8) is 0 Å². The summed E-state index contributed by atoms with van der Waals surface area (Å²) < 4.78 is 11.2. The van der Waals surface area contributed by atoms with Gasteiger partial charge in [0.2, 0.25) is 5.82 Å². The lowest BCUT2D eigenvalue weighted by atomic mass is 10.1. The number of nitrogens with zero attached hydrogens (tertiary/aromatic N) is 2. The van der Waals surface area contributed by atoms with Crippen LogP contribution in [0.25, 0.3) is 11.5 Å². The van der Waals surface area contributed by atoms with Gasteiger partial charge in [-0.1, -0.05) is 17.3 Å². The summed E-state index contributed by atoms with van der Waals surface area (Å²) in [5.41, 5.74) is 1.89. The molecular formula is C15H19N3O2. The van der Waals surface area contributed by atoms with Crippen molar-refractivity contribution in [3.8, 4) is 11.5 Å². The Kier molecular flexibility index (Phi) is 3.69. The standard InChI is InChI=1S/C15H19N3O2/c1-3-19-13(10-8-9-10)14-17-15(20-18-14)11-6-4-5-7-12(11)16-2/h4-7,10,13,16H,3,8-9H2,1-2H3. The Bertz CT molecular complexity index is 578. The van der Waals surface area contributed by atoms with Gasteiger partial charge in [0, 0.05) is 19.3 Å². The van der Waals surface area contributed by atoms with Gasteiger partial charge in [0.1, 0.15) is 6.10 Å². The number of aromatic nitrogens is 2. The number of hydrogen-bond acceptors (Lipinski definition) is 5. The van der Waals surface area contributed by atoms with Gasteiger partial charge >= 0.3 is 0 Å². The zero-order valence-corrected chi connectivity index (χ0v) is 11.8. The first kappa shape index (κ1) is 13.1. The molecule has 1 aromatic heterocycles. The van der Waals surface area contributed by atoms with E-state index in [0.717, 1.165) is 11.3 Å². The van der Waals surface area contributed by atoms with Crippen LogP contribution in [0, 0.1) is 5.92 Å². The van der Waals surface area contributed by atoms with E-state index in [9.17, 15) is 0 Å². The van der Waals surface area contributed by atoms with Crippen LogP contribution in [0.5, 0.6) is 0 Å². The summed E-state index contributed by atoms with van der Waals surface area (Å²) in [6.45, 7) is 2.66. The number of benzene rings is 1. The van der Waals surface area contributed by atoms with Crippen LogP contribution in [0.3, 0.4) is 0 Å². The molecule has 0 bridgehead atoms. The SMILES string of the molecule is CCOC(c1noc(-c2ccccc2NC)n1)C1CC1. The van der Waals surface area contributed by atoms with Gasteiger partial charge in [0.15, 0.2) is 0 Å². The molecule has 0 amide bonds. The topological polar surface area (TPSA) is 60.2 Å². The number of nitrogens with one attached hydrogen (secondary N) is 1. The largest absolute Gasteiger partial charge is 0.387 e. The third kappa shape index (κ3) is 2.54. The van der Waals surface area contributed by atoms with Crippen LogP contribution >= 0.6 is 0 Å². The minimum absolute atomic E-state index is 0.0285. The van der Waals surface area contributed by atoms with E-state index in [4.69, 9.17) is 9.26 Å². The Morgan fingerprint density at radius 3 is 2.90 bits per heavy atom. The second-order valence-corrected chi connectivity index (χ2v) is 4.97. The minimum atomic E-state index is -0.0285. The van der Waals surface area contributed by atoms with Crippen molar-refractivity contribution < 1.29 is 9.26 Å². The van der Waals surface area contributed by atoms with Gasteiger partial charge in [-0.2, -0.15) is 4.98 Å². The highest BCUT2D eigenvalue weighted by molar-refractivity contribution is 5.72. The van der Waals surface area contributed by atoms with E-state index in [2.05, 4.69) is 15.5 Å². The molecule has 106 valence electrons. The average Bonchev–Trinajstić information content (AvgIpc) is 3.21. The maximum atomic E-state index is 5.76. The first-order valence-corrected chi connectivity index (χ1v) is 7.05. The second-order valence-electron chi connectivity index (χ2n) is 4.97. The molecule has 0 radical (unpaired) electrons. The highest BCUT2D eigenvalue weighted by atomic mass is 16.5. The summed E-state index contributed by atoms with van der Waals surface area (Å²) in [6.07, 6.45) is 2.34. The van der Waals surface area contributed by atoms with Crippen molar-refractivity contribution in [2.75, 3.05) is 19.0 Å². The quantitative estimate of drug-likeness (QED) is 0.875. The van der Waals surface area contributed by atoms with Crippen molar-refractivity contribution in [3.05, 3.63) is 30.1 Å². The Hall–Kier alpha value is -1.88. The molecule has 1 unspecified atom stereocenters. The zero-order valence-electron chi connectivity index (χ0n) is 11.8. The summed E-state index contributed by atoms with van der Waals surface area (Å²) in [4.78, 5) is 4.53. The van der Waals surface area contributed by atoms with Gasteiger partial charge in [-0.15, -0.1) is 0 Å². The Morgan fingerprint density at radius 1 is 1.40 bits per heavy atom. The van der Waals surface area contributed by atoms with E-state index in [0.29, 0.717) is 24.2 Å². The number of para-hydroxylation sites is 1. The predicted molar refractivity (Wildman–Crippen MR) is 76.4 cm³/mol. The Labute approximate surface area is 118 Å². The fourth-order valence-corrected chi connectivity index (χ4v) is 2.35. The third-order valence-electron chi connectivity index (χ3n) is 3.52. The first-order chi connectivity index (χ1) is 9.83. The summed E-state index contributed by atoms with van der Waals surface area (Å²) in [6, 6.07) is 7.89. The maximum absolute atomic E-state index is 5.76. The van der Waals surface area contributed by atoms with Gasteiger partial charge < -0.3 is 14.6 Å². The van der Waals surface area contributed by atoms with Crippen LogP contribution in [0.15, 0.2) is 28.8 Å². The predicted octanol–water partition coefficient (Wildman–Crippen LogP) is 3.27. The molecule has 1 aromatic carbocycles. The molecule has 1 N–H and O–H groups in total. The van der Waals surface area contributed by atoms with E-state index in [1.54, 1.807) is 0 Å². The van der Waals surface area contributed by atoms with Crippen molar-refractivity contribution in [1.82, 2.24) is 10.1 Å². The molecule has 0 saturated heterocycles. The van der Waals surface area contributed by atoms with Crippen LogP contribution < -0.4 is 5.32 Å². The summed E-state index contributed by atoms with van der Waals surface area (Å²) >= 11 is 0. The maximum Gasteiger partial charge on any atom is 0.260 e. The highest BCUT2D eigenvalue weighted by Crippen LogP contribution is 2.42. The van der Waals surface area contributed by atoms with Crippen LogP contribution in [-0.2, 0) is 4.74 Å². The fourth-order valence-electron chi connectivity index (χ4n) is 2.35. The number of rotatable bonds is 6. The van der Waals surface area contributed by atoms with Gasteiger partial charge in [0.25, 0.3) is 5.89 Å². The molecule has 1 fully saturated rings. The molecule has 1 aliphatic carbocycles. The molecule has 2 aromatic rings. The van der Waals surface area contributed by atoms with Gasteiger partial charge in [0.05, 0.1) is 5.56 Å². The summed E-state index contributed by atoms with van der Waals surface area (Å²) in [5, 5.41) is 7.24. The zero-order chi connectivity index (χ0) is 13.9. The van der Waals surface area contributed by atoms with Crippen LogP contribution in [-0.4, -0.2) is 23.8 Å². The van der Waals surface area contributed by atoms with Crippen LogP contribution in [0.2, 0.25) is 0 Å². The average molecular weight is 273 g/mol. The first-order valence-electron chi connectivity index (χ1n) is 7.05. The molecule has 0 aliphatic heterocycles.